The normalized spacial score (nSPS) is 12.5. The van der Waals surface area contributed by atoms with E-state index in [0.29, 0.717) is 6.42 Å². The SMILES string of the molecule is CCC(C#N)C(=O)Nc1ccccc1S(N)(=O)=O. The number of nitriles is 1. The van der Waals surface area contributed by atoms with Crippen molar-refractivity contribution < 1.29 is 13.2 Å². The molecule has 96 valence electrons. The van der Waals surface area contributed by atoms with E-state index in [2.05, 4.69) is 5.32 Å². The molecule has 0 fully saturated rings. The zero-order valence-corrected chi connectivity index (χ0v) is 10.6. The van der Waals surface area contributed by atoms with Crippen LogP contribution >= 0.6 is 0 Å². The number of sulfonamides is 1. The highest BCUT2D eigenvalue weighted by Crippen LogP contribution is 2.20. The summed E-state index contributed by atoms with van der Waals surface area (Å²) in [6.07, 6.45) is 0.347. The van der Waals surface area contributed by atoms with Gasteiger partial charge >= 0.3 is 0 Å². The first-order chi connectivity index (χ1) is 8.40. The number of primary sulfonamides is 1. The average molecular weight is 267 g/mol. The fraction of sp³-hybridized carbons (Fsp3) is 0.273. The molecule has 0 bridgehead atoms. The van der Waals surface area contributed by atoms with Crippen LogP contribution in [0.25, 0.3) is 0 Å². The van der Waals surface area contributed by atoms with Crippen LogP contribution in [-0.2, 0) is 14.8 Å². The summed E-state index contributed by atoms with van der Waals surface area (Å²) in [7, 11) is -3.92. The van der Waals surface area contributed by atoms with E-state index >= 15 is 0 Å². The van der Waals surface area contributed by atoms with Gasteiger partial charge in [0.05, 0.1) is 11.8 Å². The average Bonchev–Trinajstić information content (AvgIpc) is 2.30. The molecule has 1 aromatic rings. The number of amides is 1. The molecule has 0 aromatic heterocycles. The van der Waals surface area contributed by atoms with Gasteiger partial charge in [-0.15, -0.1) is 0 Å². The molecule has 18 heavy (non-hydrogen) atoms. The van der Waals surface area contributed by atoms with Crippen molar-refractivity contribution in [3.8, 4) is 6.07 Å². The summed E-state index contributed by atoms with van der Waals surface area (Å²) in [6, 6.07) is 7.61. The van der Waals surface area contributed by atoms with Gasteiger partial charge in [0.25, 0.3) is 0 Å². The van der Waals surface area contributed by atoms with Crippen molar-refractivity contribution in [1.82, 2.24) is 0 Å². The van der Waals surface area contributed by atoms with Crippen LogP contribution in [0.4, 0.5) is 5.69 Å². The summed E-state index contributed by atoms with van der Waals surface area (Å²) in [5.41, 5.74) is 0.0821. The Morgan fingerprint density at radius 1 is 1.50 bits per heavy atom. The number of benzene rings is 1. The Morgan fingerprint density at radius 2 is 2.11 bits per heavy atom. The van der Waals surface area contributed by atoms with E-state index in [-0.39, 0.29) is 10.6 Å². The van der Waals surface area contributed by atoms with Gasteiger partial charge < -0.3 is 5.32 Å². The Labute approximate surface area is 105 Å². The number of carbonyl (C=O) groups is 1. The number of anilines is 1. The van der Waals surface area contributed by atoms with Gasteiger partial charge in [-0.05, 0) is 18.6 Å². The third-order valence-electron chi connectivity index (χ3n) is 2.33. The van der Waals surface area contributed by atoms with Crippen molar-refractivity contribution in [2.75, 3.05) is 5.32 Å². The second-order valence-corrected chi connectivity index (χ2v) is 5.15. The van der Waals surface area contributed by atoms with Gasteiger partial charge in [-0.1, -0.05) is 19.1 Å². The minimum absolute atomic E-state index is 0.0821. The molecule has 3 N–H and O–H groups in total. The highest BCUT2D eigenvalue weighted by Gasteiger charge is 2.19. The smallest absolute Gasteiger partial charge is 0.241 e. The number of para-hydroxylation sites is 1. The number of rotatable bonds is 4. The molecule has 0 radical (unpaired) electrons. The molecule has 0 spiro atoms. The van der Waals surface area contributed by atoms with Gasteiger partial charge in [0, 0.05) is 0 Å². The van der Waals surface area contributed by atoms with E-state index in [9.17, 15) is 13.2 Å². The number of nitrogens with one attached hydrogen (secondary N) is 1. The molecule has 0 saturated heterocycles. The molecule has 0 aliphatic carbocycles. The second kappa shape index (κ2) is 5.62. The van der Waals surface area contributed by atoms with E-state index in [4.69, 9.17) is 10.4 Å². The molecule has 1 amide bonds. The van der Waals surface area contributed by atoms with Crippen LogP contribution in [0.2, 0.25) is 0 Å². The molecular weight excluding hydrogens is 254 g/mol. The van der Waals surface area contributed by atoms with Crippen molar-refractivity contribution >= 4 is 21.6 Å². The van der Waals surface area contributed by atoms with E-state index in [1.165, 1.54) is 18.2 Å². The predicted octanol–water partition coefficient (Wildman–Crippen LogP) is 0.822. The topological polar surface area (TPSA) is 113 Å². The van der Waals surface area contributed by atoms with Gasteiger partial charge in [0.2, 0.25) is 15.9 Å². The molecule has 0 heterocycles. The molecule has 1 rings (SSSR count). The molecule has 1 unspecified atom stereocenters. The largest absolute Gasteiger partial charge is 0.324 e. The second-order valence-electron chi connectivity index (χ2n) is 3.62. The fourth-order valence-corrected chi connectivity index (χ4v) is 2.07. The van der Waals surface area contributed by atoms with E-state index in [1.54, 1.807) is 13.0 Å². The van der Waals surface area contributed by atoms with Crippen LogP contribution < -0.4 is 10.5 Å². The predicted molar refractivity (Wildman–Crippen MR) is 65.8 cm³/mol. The molecule has 0 aliphatic rings. The molecule has 0 aliphatic heterocycles. The van der Waals surface area contributed by atoms with Crippen LogP contribution in [0.5, 0.6) is 0 Å². The first-order valence-corrected chi connectivity index (χ1v) is 6.77. The maximum atomic E-state index is 11.7. The zero-order valence-electron chi connectivity index (χ0n) is 9.75. The van der Waals surface area contributed by atoms with Crippen LogP contribution in [0.3, 0.4) is 0 Å². The monoisotopic (exact) mass is 267 g/mol. The summed E-state index contributed by atoms with van der Waals surface area (Å²) in [6.45, 7) is 1.69. The number of nitrogens with two attached hydrogens (primary N) is 1. The van der Waals surface area contributed by atoms with Gasteiger partial charge in [-0.3, -0.25) is 4.79 Å². The first-order valence-electron chi connectivity index (χ1n) is 5.22. The highest BCUT2D eigenvalue weighted by atomic mass is 32.2. The van der Waals surface area contributed by atoms with Crippen LogP contribution in [0.15, 0.2) is 29.2 Å². The van der Waals surface area contributed by atoms with Gasteiger partial charge in [-0.2, -0.15) is 5.26 Å². The van der Waals surface area contributed by atoms with Crippen molar-refractivity contribution in [3.63, 3.8) is 0 Å². The zero-order chi connectivity index (χ0) is 13.8. The van der Waals surface area contributed by atoms with Crippen molar-refractivity contribution in [3.05, 3.63) is 24.3 Å². The summed E-state index contributed by atoms with van der Waals surface area (Å²) in [5, 5.41) is 16.2. The number of carbonyl (C=O) groups excluding carboxylic acids is 1. The van der Waals surface area contributed by atoms with E-state index in [0.717, 1.165) is 0 Å². The van der Waals surface area contributed by atoms with Crippen LogP contribution in [0, 0.1) is 17.2 Å². The minimum atomic E-state index is -3.92. The Kier molecular flexibility index (Phi) is 4.42. The molecule has 0 saturated carbocycles. The Bertz CT molecular complexity index is 590. The number of hydrogen-bond donors (Lipinski definition) is 2. The molecular formula is C11H13N3O3S. The summed E-state index contributed by atoms with van der Waals surface area (Å²) in [5.74, 6) is -1.37. The summed E-state index contributed by atoms with van der Waals surface area (Å²) in [4.78, 5) is 11.5. The third-order valence-corrected chi connectivity index (χ3v) is 3.30. The summed E-state index contributed by atoms with van der Waals surface area (Å²) < 4.78 is 22.6. The lowest BCUT2D eigenvalue weighted by molar-refractivity contribution is -0.118. The molecule has 6 nitrogen and oxygen atoms in total. The van der Waals surface area contributed by atoms with Crippen molar-refractivity contribution in [2.24, 2.45) is 11.1 Å². The Balaban J connectivity index is 3.07. The Morgan fingerprint density at radius 3 is 2.61 bits per heavy atom. The van der Waals surface area contributed by atoms with E-state index < -0.39 is 21.8 Å². The van der Waals surface area contributed by atoms with E-state index in [1.807, 2.05) is 6.07 Å². The Hall–Kier alpha value is -1.91. The van der Waals surface area contributed by atoms with Crippen molar-refractivity contribution in [2.45, 2.75) is 18.2 Å². The quantitative estimate of drug-likeness (QED) is 0.840. The van der Waals surface area contributed by atoms with Gasteiger partial charge in [-0.25, -0.2) is 13.6 Å². The maximum Gasteiger partial charge on any atom is 0.241 e. The number of nitrogens with zero attached hydrogens (tertiary/aromatic N) is 1. The third kappa shape index (κ3) is 3.29. The maximum absolute atomic E-state index is 11.7. The standard InChI is InChI=1S/C11H13N3O3S/c1-2-8(7-12)11(15)14-9-5-3-4-6-10(9)18(13,16)17/h3-6,8H,2H2,1H3,(H,14,15)(H2,13,16,17). The molecule has 1 atom stereocenters. The first kappa shape index (κ1) is 14.2. The lowest BCUT2D eigenvalue weighted by Crippen LogP contribution is -2.23. The summed E-state index contributed by atoms with van der Waals surface area (Å²) >= 11 is 0. The fourth-order valence-electron chi connectivity index (χ4n) is 1.37. The van der Waals surface area contributed by atoms with Gasteiger partial charge in [0.1, 0.15) is 10.8 Å². The van der Waals surface area contributed by atoms with Crippen LogP contribution in [-0.4, -0.2) is 14.3 Å². The molecule has 7 heteroatoms. The highest BCUT2D eigenvalue weighted by molar-refractivity contribution is 7.89. The molecule has 1 aromatic carbocycles. The van der Waals surface area contributed by atoms with Gasteiger partial charge in [0.15, 0.2) is 0 Å². The number of hydrogen-bond acceptors (Lipinski definition) is 4. The minimum Gasteiger partial charge on any atom is -0.324 e. The lowest BCUT2D eigenvalue weighted by Gasteiger charge is -2.11. The van der Waals surface area contributed by atoms with Crippen LogP contribution in [0.1, 0.15) is 13.3 Å². The van der Waals surface area contributed by atoms with Crippen molar-refractivity contribution in [1.29, 1.82) is 5.26 Å². The lowest BCUT2D eigenvalue weighted by atomic mass is 10.1.